The van der Waals surface area contributed by atoms with Crippen LogP contribution in [-0.2, 0) is 18.4 Å². The van der Waals surface area contributed by atoms with E-state index in [9.17, 15) is 4.79 Å². The first-order chi connectivity index (χ1) is 13.9. The fourth-order valence-corrected chi connectivity index (χ4v) is 3.75. The number of carbonyl (C=O) groups excluding carboxylic acids is 1. The lowest BCUT2D eigenvalue weighted by Gasteiger charge is -2.36. The SMILES string of the molecule is Cc1noc(C)c1CN(C)CC(=O)N1CCN(c2ncnc3c2cnn3C)CC1. The maximum absolute atomic E-state index is 12.8. The Morgan fingerprint density at radius 3 is 2.66 bits per heavy atom. The predicted molar refractivity (Wildman–Crippen MR) is 107 cm³/mol. The maximum Gasteiger partial charge on any atom is 0.236 e. The Hall–Kier alpha value is -3.01. The van der Waals surface area contributed by atoms with E-state index >= 15 is 0 Å². The van der Waals surface area contributed by atoms with Gasteiger partial charge in [0.25, 0.3) is 0 Å². The minimum Gasteiger partial charge on any atom is -0.361 e. The van der Waals surface area contributed by atoms with Crippen molar-refractivity contribution in [3.63, 3.8) is 0 Å². The fourth-order valence-electron chi connectivity index (χ4n) is 3.75. The molecule has 0 aliphatic carbocycles. The molecule has 0 radical (unpaired) electrons. The monoisotopic (exact) mass is 398 g/mol. The first-order valence-corrected chi connectivity index (χ1v) is 9.69. The van der Waals surface area contributed by atoms with Gasteiger partial charge >= 0.3 is 0 Å². The predicted octanol–water partition coefficient (Wildman–Crippen LogP) is 0.749. The number of carbonyl (C=O) groups is 1. The van der Waals surface area contributed by atoms with Crippen LogP contribution in [0.15, 0.2) is 17.0 Å². The van der Waals surface area contributed by atoms with Gasteiger partial charge in [0.2, 0.25) is 5.91 Å². The van der Waals surface area contributed by atoms with Crippen LogP contribution >= 0.6 is 0 Å². The Morgan fingerprint density at radius 2 is 1.97 bits per heavy atom. The molecule has 0 saturated carbocycles. The van der Waals surface area contributed by atoms with Crippen LogP contribution in [0.3, 0.4) is 0 Å². The van der Waals surface area contributed by atoms with Gasteiger partial charge in [0, 0.05) is 45.3 Å². The molecule has 0 N–H and O–H groups in total. The van der Waals surface area contributed by atoms with Crippen molar-refractivity contribution in [2.75, 3.05) is 44.7 Å². The molecule has 29 heavy (non-hydrogen) atoms. The number of aryl methyl sites for hydroxylation is 3. The Bertz CT molecular complexity index is 999. The van der Waals surface area contributed by atoms with Crippen molar-refractivity contribution in [2.45, 2.75) is 20.4 Å². The van der Waals surface area contributed by atoms with Crippen molar-refractivity contribution in [3.05, 3.63) is 29.5 Å². The van der Waals surface area contributed by atoms with Crippen LogP contribution < -0.4 is 4.90 Å². The van der Waals surface area contributed by atoms with E-state index in [1.807, 2.05) is 37.7 Å². The van der Waals surface area contributed by atoms with E-state index in [2.05, 4.69) is 25.1 Å². The van der Waals surface area contributed by atoms with Crippen LogP contribution in [-0.4, -0.2) is 80.4 Å². The van der Waals surface area contributed by atoms with Gasteiger partial charge in [-0.15, -0.1) is 0 Å². The summed E-state index contributed by atoms with van der Waals surface area (Å²) >= 11 is 0. The summed E-state index contributed by atoms with van der Waals surface area (Å²) in [7, 11) is 3.81. The molecule has 0 bridgehead atoms. The van der Waals surface area contributed by atoms with Crippen LogP contribution in [0.5, 0.6) is 0 Å². The molecule has 3 aromatic rings. The van der Waals surface area contributed by atoms with Crippen molar-refractivity contribution in [3.8, 4) is 0 Å². The summed E-state index contributed by atoms with van der Waals surface area (Å²) in [6.45, 7) is 7.65. The van der Waals surface area contributed by atoms with Crippen LogP contribution in [0, 0.1) is 13.8 Å². The summed E-state index contributed by atoms with van der Waals surface area (Å²) in [6.07, 6.45) is 3.37. The molecule has 0 aromatic carbocycles. The van der Waals surface area contributed by atoms with Crippen molar-refractivity contribution in [1.82, 2.24) is 34.7 Å². The quantitative estimate of drug-likeness (QED) is 0.621. The Labute approximate surface area is 169 Å². The van der Waals surface area contributed by atoms with E-state index in [-0.39, 0.29) is 5.91 Å². The largest absolute Gasteiger partial charge is 0.361 e. The second-order valence-corrected chi connectivity index (χ2v) is 7.55. The van der Waals surface area contributed by atoms with Gasteiger partial charge in [0.1, 0.15) is 17.9 Å². The summed E-state index contributed by atoms with van der Waals surface area (Å²) in [5, 5.41) is 9.19. The first kappa shape index (κ1) is 19.3. The van der Waals surface area contributed by atoms with E-state index in [0.717, 1.165) is 47.0 Å². The number of piperazine rings is 1. The molecule has 0 spiro atoms. The molecule has 1 aliphatic heterocycles. The highest BCUT2D eigenvalue weighted by molar-refractivity contribution is 5.86. The minimum atomic E-state index is 0.133. The highest BCUT2D eigenvalue weighted by Gasteiger charge is 2.24. The van der Waals surface area contributed by atoms with Gasteiger partial charge in [0.15, 0.2) is 5.65 Å². The van der Waals surface area contributed by atoms with Crippen LogP contribution in [0.25, 0.3) is 11.0 Å². The third-order valence-electron chi connectivity index (χ3n) is 5.45. The summed E-state index contributed by atoms with van der Waals surface area (Å²) in [6, 6.07) is 0. The number of fused-ring (bicyclic) bond motifs is 1. The van der Waals surface area contributed by atoms with E-state index < -0.39 is 0 Å². The molecule has 10 heteroatoms. The molecular formula is C19H26N8O2. The number of aromatic nitrogens is 5. The molecule has 1 saturated heterocycles. The normalized spacial score (nSPS) is 14.9. The topological polar surface area (TPSA) is 96.4 Å². The average molecular weight is 398 g/mol. The number of anilines is 1. The zero-order valence-corrected chi connectivity index (χ0v) is 17.3. The zero-order valence-electron chi connectivity index (χ0n) is 17.3. The van der Waals surface area contributed by atoms with Crippen LogP contribution in [0.1, 0.15) is 17.0 Å². The van der Waals surface area contributed by atoms with E-state index in [0.29, 0.717) is 26.2 Å². The highest BCUT2D eigenvalue weighted by Crippen LogP contribution is 2.23. The van der Waals surface area contributed by atoms with Gasteiger partial charge in [0.05, 0.1) is 23.8 Å². The number of hydrogen-bond donors (Lipinski definition) is 0. The number of amides is 1. The number of likely N-dealkylation sites (N-methyl/N-ethyl adjacent to an activating group) is 1. The average Bonchev–Trinajstić information content (AvgIpc) is 3.25. The van der Waals surface area contributed by atoms with Gasteiger partial charge in [-0.05, 0) is 20.9 Å². The molecule has 1 aliphatic rings. The summed E-state index contributed by atoms with van der Waals surface area (Å²) in [5.74, 6) is 1.82. The summed E-state index contributed by atoms with van der Waals surface area (Å²) < 4.78 is 6.95. The number of hydrogen-bond acceptors (Lipinski definition) is 8. The Kier molecular flexibility index (Phi) is 5.18. The van der Waals surface area contributed by atoms with Gasteiger partial charge in [-0.3, -0.25) is 14.4 Å². The van der Waals surface area contributed by atoms with Crippen molar-refractivity contribution in [1.29, 1.82) is 0 Å². The van der Waals surface area contributed by atoms with Crippen LogP contribution in [0.4, 0.5) is 5.82 Å². The highest BCUT2D eigenvalue weighted by atomic mass is 16.5. The van der Waals surface area contributed by atoms with Gasteiger partial charge < -0.3 is 14.3 Å². The van der Waals surface area contributed by atoms with Gasteiger partial charge in [-0.2, -0.15) is 5.10 Å². The fraction of sp³-hybridized carbons (Fsp3) is 0.526. The van der Waals surface area contributed by atoms with Gasteiger partial charge in [-0.1, -0.05) is 5.16 Å². The second kappa shape index (κ2) is 7.78. The van der Waals surface area contributed by atoms with E-state index in [1.54, 1.807) is 17.2 Å². The summed E-state index contributed by atoms with van der Waals surface area (Å²) in [4.78, 5) is 27.6. The maximum atomic E-state index is 12.8. The second-order valence-electron chi connectivity index (χ2n) is 7.55. The molecule has 4 heterocycles. The Balaban J connectivity index is 1.35. The van der Waals surface area contributed by atoms with Crippen LogP contribution in [0.2, 0.25) is 0 Å². The lowest BCUT2D eigenvalue weighted by molar-refractivity contribution is -0.132. The molecule has 1 fully saturated rings. The third kappa shape index (κ3) is 3.80. The third-order valence-corrected chi connectivity index (χ3v) is 5.45. The zero-order chi connectivity index (χ0) is 20.5. The minimum absolute atomic E-state index is 0.133. The number of nitrogens with zero attached hydrogens (tertiary/aromatic N) is 8. The smallest absolute Gasteiger partial charge is 0.236 e. The lowest BCUT2D eigenvalue weighted by Crippen LogP contribution is -2.51. The molecule has 1 amide bonds. The summed E-state index contributed by atoms with van der Waals surface area (Å²) in [5.41, 5.74) is 2.74. The Morgan fingerprint density at radius 1 is 1.21 bits per heavy atom. The van der Waals surface area contributed by atoms with Crippen molar-refractivity contribution >= 4 is 22.8 Å². The van der Waals surface area contributed by atoms with Crippen molar-refractivity contribution in [2.24, 2.45) is 7.05 Å². The molecule has 0 unspecified atom stereocenters. The van der Waals surface area contributed by atoms with Crippen molar-refractivity contribution < 1.29 is 9.32 Å². The molecular weight excluding hydrogens is 372 g/mol. The molecule has 154 valence electrons. The van der Waals surface area contributed by atoms with E-state index in [4.69, 9.17) is 4.52 Å². The van der Waals surface area contributed by atoms with E-state index in [1.165, 1.54) is 0 Å². The first-order valence-electron chi connectivity index (χ1n) is 9.69. The molecule has 3 aromatic heterocycles. The standard InChI is InChI=1S/C19H26N8O2/c1-13-16(14(2)29-23-13)10-24(3)11-17(28)26-5-7-27(8-6-26)19-15-9-22-25(4)18(15)20-12-21-19/h9,12H,5-8,10-11H2,1-4H3. The molecule has 4 rings (SSSR count). The molecule has 0 atom stereocenters. The lowest BCUT2D eigenvalue weighted by atomic mass is 10.2. The van der Waals surface area contributed by atoms with Gasteiger partial charge in [-0.25, -0.2) is 9.97 Å². The molecule has 10 nitrogen and oxygen atoms in total. The number of rotatable bonds is 5.